The Bertz CT molecular complexity index is 801. The molecule has 6 heteroatoms. The first kappa shape index (κ1) is 19.4. The Balaban J connectivity index is 1.76. The van der Waals surface area contributed by atoms with E-state index in [1.54, 1.807) is 12.1 Å². The van der Waals surface area contributed by atoms with E-state index in [4.69, 9.17) is 11.6 Å². The number of halogens is 1. The van der Waals surface area contributed by atoms with Gasteiger partial charge in [0.15, 0.2) is 0 Å². The average molecular weight is 393 g/mol. The normalized spacial score (nSPS) is 17.9. The highest BCUT2D eigenvalue weighted by Gasteiger charge is 2.26. The van der Waals surface area contributed by atoms with Gasteiger partial charge in [-0.05, 0) is 61.7 Å². The zero-order valence-electron chi connectivity index (χ0n) is 14.9. The Morgan fingerprint density at radius 3 is 2.31 bits per heavy atom. The van der Waals surface area contributed by atoms with Crippen molar-refractivity contribution in [3.63, 3.8) is 0 Å². The van der Waals surface area contributed by atoms with Crippen LogP contribution in [-0.4, -0.2) is 33.0 Å². The van der Waals surface area contributed by atoms with Crippen LogP contribution in [0.3, 0.4) is 0 Å². The van der Waals surface area contributed by atoms with Crippen LogP contribution in [0.4, 0.5) is 0 Å². The second kappa shape index (κ2) is 8.53. The van der Waals surface area contributed by atoms with Crippen molar-refractivity contribution in [1.29, 1.82) is 0 Å². The molecule has 3 rings (SSSR count). The minimum atomic E-state index is -3.56. The van der Waals surface area contributed by atoms with Crippen LogP contribution in [0.5, 0.6) is 0 Å². The molecule has 0 radical (unpaired) electrons. The average Bonchev–Trinajstić information content (AvgIpc) is 2.64. The van der Waals surface area contributed by atoms with Gasteiger partial charge in [0, 0.05) is 17.6 Å². The zero-order valence-corrected chi connectivity index (χ0v) is 16.5. The summed E-state index contributed by atoms with van der Waals surface area (Å²) < 4.78 is 28.1. The molecule has 140 valence electrons. The highest BCUT2D eigenvalue weighted by molar-refractivity contribution is 7.89. The first-order valence-electron chi connectivity index (χ1n) is 9.00. The summed E-state index contributed by atoms with van der Waals surface area (Å²) in [6, 6.07) is 16.4. The van der Waals surface area contributed by atoms with Crippen molar-refractivity contribution in [1.82, 2.24) is 9.62 Å². The fourth-order valence-corrected chi connectivity index (χ4v) is 4.52. The summed E-state index contributed by atoms with van der Waals surface area (Å²) in [4.78, 5) is 2.63. The molecule has 0 amide bonds. The van der Waals surface area contributed by atoms with Crippen LogP contribution in [-0.2, 0) is 10.0 Å². The standard InChI is InChI=1S/C20H25ClN2O2S/c1-16-11-13-23(14-12-16)20(17-5-3-2-4-6-17)15-22-26(24,25)19-9-7-18(21)8-10-19/h2-10,16,20,22H,11-15H2,1H3/t20-/m0/s1. The molecule has 26 heavy (non-hydrogen) atoms. The van der Waals surface area contributed by atoms with Crippen molar-refractivity contribution in [2.45, 2.75) is 30.7 Å². The van der Waals surface area contributed by atoms with Gasteiger partial charge in [-0.15, -0.1) is 0 Å². The summed E-state index contributed by atoms with van der Waals surface area (Å²) in [7, 11) is -3.56. The molecule has 0 spiro atoms. The Kier molecular flexibility index (Phi) is 6.35. The molecule has 0 aromatic heterocycles. The lowest BCUT2D eigenvalue weighted by molar-refractivity contribution is 0.139. The largest absolute Gasteiger partial charge is 0.295 e. The van der Waals surface area contributed by atoms with E-state index in [1.165, 1.54) is 12.1 Å². The Labute approximate surface area is 161 Å². The third-order valence-corrected chi connectivity index (χ3v) is 6.73. The van der Waals surface area contributed by atoms with Gasteiger partial charge < -0.3 is 0 Å². The van der Waals surface area contributed by atoms with Gasteiger partial charge in [-0.2, -0.15) is 0 Å². The number of sulfonamides is 1. The first-order valence-corrected chi connectivity index (χ1v) is 10.9. The van der Waals surface area contributed by atoms with Crippen molar-refractivity contribution < 1.29 is 8.42 Å². The maximum atomic E-state index is 12.6. The Morgan fingerprint density at radius 2 is 1.69 bits per heavy atom. The number of hydrogen-bond donors (Lipinski definition) is 1. The maximum Gasteiger partial charge on any atom is 0.240 e. The van der Waals surface area contributed by atoms with E-state index in [0.717, 1.165) is 37.4 Å². The summed E-state index contributed by atoms with van der Waals surface area (Å²) in [5, 5.41) is 0.522. The molecule has 0 unspecified atom stereocenters. The van der Waals surface area contributed by atoms with E-state index < -0.39 is 10.0 Å². The van der Waals surface area contributed by atoms with Crippen LogP contribution in [0.1, 0.15) is 31.4 Å². The Hall–Kier alpha value is -1.40. The number of rotatable bonds is 6. The lowest BCUT2D eigenvalue weighted by Crippen LogP contribution is -2.41. The van der Waals surface area contributed by atoms with E-state index in [2.05, 4.69) is 28.7 Å². The fourth-order valence-electron chi connectivity index (χ4n) is 3.36. The van der Waals surface area contributed by atoms with Crippen LogP contribution in [0, 0.1) is 5.92 Å². The van der Waals surface area contributed by atoms with Crippen LogP contribution in [0.2, 0.25) is 5.02 Å². The number of likely N-dealkylation sites (tertiary alicyclic amines) is 1. The number of benzene rings is 2. The molecular formula is C20H25ClN2O2S. The Morgan fingerprint density at radius 1 is 1.08 bits per heavy atom. The van der Waals surface area contributed by atoms with Crippen molar-refractivity contribution in [3.8, 4) is 0 Å². The van der Waals surface area contributed by atoms with Gasteiger partial charge >= 0.3 is 0 Å². The third-order valence-electron chi connectivity index (χ3n) is 5.03. The summed E-state index contributed by atoms with van der Waals surface area (Å²) in [5.41, 5.74) is 1.14. The van der Waals surface area contributed by atoms with E-state index in [0.29, 0.717) is 11.6 Å². The van der Waals surface area contributed by atoms with Gasteiger partial charge in [-0.1, -0.05) is 48.9 Å². The number of hydrogen-bond acceptors (Lipinski definition) is 3. The van der Waals surface area contributed by atoms with Crippen LogP contribution in [0.25, 0.3) is 0 Å². The molecule has 1 heterocycles. The molecular weight excluding hydrogens is 368 g/mol. The molecule has 0 saturated carbocycles. The second-order valence-corrected chi connectivity index (χ2v) is 9.15. The predicted octanol–water partition coefficient (Wildman–Crippen LogP) is 4.09. The molecule has 2 aromatic carbocycles. The number of nitrogens with zero attached hydrogens (tertiary/aromatic N) is 1. The van der Waals surface area contributed by atoms with E-state index in [-0.39, 0.29) is 10.9 Å². The van der Waals surface area contributed by atoms with E-state index in [1.807, 2.05) is 18.2 Å². The highest BCUT2D eigenvalue weighted by atomic mass is 35.5. The van der Waals surface area contributed by atoms with Crippen molar-refractivity contribution in [2.75, 3.05) is 19.6 Å². The molecule has 1 fully saturated rings. The molecule has 2 aromatic rings. The molecule has 1 aliphatic heterocycles. The zero-order chi connectivity index (χ0) is 18.6. The number of nitrogens with one attached hydrogen (secondary N) is 1. The molecule has 1 saturated heterocycles. The van der Waals surface area contributed by atoms with Crippen LogP contribution < -0.4 is 4.72 Å². The topological polar surface area (TPSA) is 49.4 Å². The van der Waals surface area contributed by atoms with Crippen LogP contribution in [0.15, 0.2) is 59.5 Å². The molecule has 0 bridgehead atoms. The maximum absolute atomic E-state index is 12.6. The lowest BCUT2D eigenvalue weighted by Gasteiger charge is -2.37. The van der Waals surface area contributed by atoms with Gasteiger partial charge in [0.2, 0.25) is 10.0 Å². The van der Waals surface area contributed by atoms with E-state index in [9.17, 15) is 8.42 Å². The predicted molar refractivity (Wildman–Crippen MR) is 106 cm³/mol. The SMILES string of the molecule is CC1CCN([C@@H](CNS(=O)(=O)c2ccc(Cl)cc2)c2ccccc2)CC1. The first-order chi connectivity index (χ1) is 12.5. The molecule has 1 aliphatic rings. The smallest absolute Gasteiger partial charge is 0.240 e. The molecule has 4 nitrogen and oxygen atoms in total. The van der Waals surface area contributed by atoms with Crippen molar-refractivity contribution in [3.05, 3.63) is 65.2 Å². The third kappa shape index (κ3) is 4.86. The monoisotopic (exact) mass is 392 g/mol. The van der Waals surface area contributed by atoms with Gasteiger partial charge in [-0.3, -0.25) is 4.90 Å². The van der Waals surface area contributed by atoms with Crippen molar-refractivity contribution >= 4 is 21.6 Å². The molecule has 0 aliphatic carbocycles. The van der Waals surface area contributed by atoms with Crippen LogP contribution >= 0.6 is 11.6 Å². The molecule has 1 atom stereocenters. The summed E-state index contributed by atoms with van der Waals surface area (Å²) in [6.45, 7) is 4.61. The van der Waals surface area contributed by atoms with Gasteiger partial charge in [-0.25, -0.2) is 13.1 Å². The second-order valence-electron chi connectivity index (χ2n) is 6.95. The fraction of sp³-hybridized carbons (Fsp3) is 0.400. The van der Waals surface area contributed by atoms with Gasteiger partial charge in [0.05, 0.1) is 4.90 Å². The van der Waals surface area contributed by atoms with E-state index >= 15 is 0 Å². The number of piperidine rings is 1. The molecule has 1 N–H and O–H groups in total. The van der Waals surface area contributed by atoms with Gasteiger partial charge in [0.1, 0.15) is 0 Å². The highest BCUT2D eigenvalue weighted by Crippen LogP contribution is 2.27. The lowest BCUT2D eigenvalue weighted by atomic mass is 9.96. The quantitative estimate of drug-likeness (QED) is 0.805. The van der Waals surface area contributed by atoms with Crippen molar-refractivity contribution in [2.24, 2.45) is 5.92 Å². The van der Waals surface area contributed by atoms with Gasteiger partial charge in [0.25, 0.3) is 0 Å². The summed E-state index contributed by atoms with van der Waals surface area (Å²) >= 11 is 5.86. The summed E-state index contributed by atoms with van der Waals surface area (Å²) in [5.74, 6) is 0.730. The minimum Gasteiger partial charge on any atom is -0.295 e. The summed E-state index contributed by atoms with van der Waals surface area (Å²) in [6.07, 6.45) is 2.29. The minimum absolute atomic E-state index is 0.0331.